The Kier molecular flexibility index (Phi) is 3.39. The Hall–Kier alpha value is -3.12. The van der Waals surface area contributed by atoms with Gasteiger partial charge in [0.15, 0.2) is 29.2 Å². The summed E-state index contributed by atoms with van der Waals surface area (Å²) in [7, 11) is 5.08. The molecule has 0 saturated heterocycles. The minimum Gasteiger partial charge on any atom is -0.493 e. The number of hydrogen-bond donors (Lipinski definition) is 1. The van der Waals surface area contributed by atoms with Crippen molar-refractivity contribution in [1.82, 2.24) is 0 Å². The zero-order chi connectivity index (χ0) is 18.7. The van der Waals surface area contributed by atoms with Crippen LogP contribution in [0.5, 0.6) is 23.0 Å². The van der Waals surface area contributed by atoms with Crippen molar-refractivity contribution in [3.05, 3.63) is 42.0 Å². The van der Waals surface area contributed by atoms with Crippen molar-refractivity contribution in [2.24, 2.45) is 0 Å². The Balaban J connectivity index is 1.82. The number of aliphatic hydroxyl groups excluding tert-OH is 1. The summed E-state index contributed by atoms with van der Waals surface area (Å²) in [4.78, 5) is 1.87. The van der Waals surface area contributed by atoms with Crippen molar-refractivity contribution in [3.63, 3.8) is 0 Å². The monoisotopic (exact) mass is 365 g/mol. The molecule has 0 unspecified atom stereocenters. The molecule has 2 aliphatic rings. The molecule has 3 aromatic carbocycles. The van der Waals surface area contributed by atoms with Gasteiger partial charge < -0.3 is 29.0 Å². The second-order valence-electron chi connectivity index (χ2n) is 6.67. The third kappa shape index (κ3) is 2.16. The van der Waals surface area contributed by atoms with E-state index < -0.39 is 6.23 Å². The highest BCUT2D eigenvalue weighted by atomic mass is 16.7. The maximum atomic E-state index is 11.0. The lowest BCUT2D eigenvalue weighted by atomic mass is 9.89. The molecule has 0 aromatic heterocycles. The molecule has 2 aliphatic heterocycles. The van der Waals surface area contributed by atoms with Crippen molar-refractivity contribution in [1.29, 1.82) is 0 Å². The van der Waals surface area contributed by atoms with Crippen LogP contribution in [-0.4, -0.2) is 33.2 Å². The second-order valence-corrected chi connectivity index (χ2v) is 6.67. The SMILES string of the molecule is COc1cc2c(cc1OC)[C@@H](O)N(C)c1c-2ccc2cc3c(cc12)OCO3. The highest BCUT2D eigenvalue weighted by Gasteiger charge is 2.31. The summed E-state index contributed by atoms with van der Waals surface area (Å²) in [6.07, 6.45) is -0.802. The number of hydrogen-bond acceptors (Lipinski definition) is 6. The summed E-state index contributed by atoms with van der Waals surface area (Å²) >= 11 is 0. The number of ether oxygens (including phenoxy) is 4. The first-order valence-electron chi connectivity index (χ1n) is 8.66. The van der Waals surface area contributed by atoms with Gasteiger partial charge in [0.05, 0.1) is 19.9 Å². The Morgan fingerprint density at radius 2 is 1.67 bits per heavy atom. The van der Waals surface area contributed by atoms with Crippen molar-refractivity contribution in [2.75, 3.05) is 33.0 Å². The minimum absolute atomic E-state index is 0.228. The number of fused-ring (bicyclic) bond motifs is 6. The Morgan fingerprint density at radius 3 is 2.41 bits per heavy atom. The molecule has 6 heteroatoms. The molecular weight excluding hydrogens is 346 g/mol. The standard InChI is InChI=1S/C21H19NO5/c1-22-20-12(5-4-11-6-18-19(7-13(11)20)27-10-26-18)14-8-16(24-2)17(25-3)9-15(14)21(22)23/h4-9,21,23H,10H2,1-3H3/t21-/m1/s1. The van der Waals surface area contributed by atoms with E-state index in [9.17, 15) is 5.11 Å². The van der Waals surface area contributed by atoms with Crippen LogP contribution in [0.1, 0.15) is 11.8 Å². The zero-order valence-corrected chi connectivity index (χ0v) is 15.3. The summed E-state index contributed by atoms with van der Waals surface area (Å²) in [5.74, 6) is 2.69. The van der Waals surface area contributed by atoms with Crippen LogP contribution < -0.4 is 23.8 Å². The fraction of sp³-hybridized carbons (Fsp3) is 0.238. The molecule has 6 nitrogen and oxygen atoms in total. The highest BCUT2D eigenvalue weighted by Crippen LogP contribution is 2.51. The number of nitrogens with zero attached hydrogens (tertiary/aromatic N) is 1. The normalized spacial score (nSPS) is 16.9. The zero-order valence-electron chi connectivity index (χ0n) is 15.3. The van der Waals surface area contributed by atoms with Gasteiger partial charge in [-0.25, -0.2) is 0 Å². The third-order valence-electron chi connectivity index (χ3n) is 5.33. The smallest absolute Gasteiger partial charge is 0.231 e. The maximum Gasteiger partial charge on any atom is 0.231 e. The van der Waals surface area contributed by atoms with E-state index in [2.05, 4.69) is 12.1 Å². The summed E-state index contributed by atoms with van der Waals surface area (Å²) in [6.45, 7) is 0.228. The third-order valence-corrected chi connectivity index (χ3v) is 5.33. The molecule has 1 N–H and O–H groups in total. The minimum atomic E-state index is -0.802. The summed E-state index contributed by atoms with van der Waals surface area (Å²) < 4.78 is 21.9. The molecule has 0 bridgehead atoms. The Morgan fingerprint density at radius 1 is 0.963 bits per heavy atom. The molecule has 27 heavy (non-hydrogen) atoms. The Bertz CT molecular complexity index is 1080. The van der Waals surface area contributed by atoms with Gasteiger partial charge >= 0.3 is 0 Å². The lowest BCUT2D eigenvalue weighted by molar-refractivity contribution is 0.174. The van der Waals surface area contributed by atoms with Crippen LogP contribution in [0.2, 0.25) is 0 Å². The van der Waals surface area contributed by atoms with Crippen molar-refractivity contribution in [3.8, 4) is 34.1 Å². The van der Waals surface area contributed by atoms with Gasteiger partial charge in [0.2, 0.25) is 6.79 Å². The van der Waals surface area contributed by atoms with Crippen LogP contribution in [0.25, 0.3) is 21.9 Å². The van der Waals surface area contributed by atoms with Crippen LogP contribution in [0.15, 0.2) is 36.4 Å². The molecule has 0 fully saturated rings. The van der Waals surface area contributed by atoms with E-state index in [4.69, 9.17) is 18.9 Å². The molecular formula is C21H19NO5. The summed E-state index contributed by atoms with van der Waals surface area (Å²) in [6, 6.07) is 11.8. The second kappa shape index (κ2) is 5.69. The van der Waals surface area contributed by atoms with Crippen LogP contribution >= 0.6 is 0 Å². The quantitative estimate of drug-likeness (QED) is 0.747. The van der Waals surface area contributed by atoms with Gasteiger partial charge in [0.25, 0.3) is 0 Å². The predicted molar refractivity (Wildman–Crippen MR) is 102 cm³/mol. The van der Waals surface area contributed by atoms with E-state index in [1.54, 1.807) is 14.2 Å². The first-order chi connectivity index (χ1) is 13.1. The molecule has 0 saturated carbocycles. The number of aliphatic hydroxyl groups is 1. The first-order valence-corrected chi connectivity index (χ1v) is 8.66. The number of anilines is 1. The number of rotatable bonds is 2. The highest BCUT2D eigenvalue weighted by molar-refractivity contribution is 6.05. The van der Waals surface area contributed by atoms with Gasteiger partial charge in [-0.3, -0.25) is 0 Å². The molecule has 3 aromatic rings. The van der Waals surface area contributed by atoms with E-state index in [-0.39, 0.29) is 6.79 Å². The lowest BCUT2D eigenvalue weighted by Crippen LogP contribution is -2.28. The van der Waals surface area contributed by atoms with Crippen LogP contribution in [0.3, 0.4) is 0 Å². The van der Waals surface area contributed by atoms with Gasteiger partial charge in [-0.2, -0.15) is 0 Å². The van der Waals surface area contributed by atoms with Crippen molar-refractivity contribution < 1.29 is 24.1 Å². The summed E-state index contributed by atoms with van der Waals surface area (Å²) in [5, 5.41) is 13.0. The van der Waals surface area contributed by atoms with Crippen molar-refractivity contribution in [2.45, 2.75) is 6.23 Å². The number of methoxy groups -OCH3 is 2. The average Bonchev–Trinajstić information content (AvgIpc) is 3.15. The molecule has 1 atom stereocenters. The topological polar surface area (TPSA) is 60.4 Å². The van der Waals surface area contributed by atoms with Crippen molar-refractivity contribution >= 4 is 16.5 Å². The first kappa shape index (κ1) is 16.1. The molecule has 0 radical (unpaired) electrons. The Labute approximate surface area is 156 Å². The van der Waals surface area contributed by atoms with Crippen LogP contribution in [-0.2, 0) is 0 Å². The van der Waals surface area contributed by atoms with Gasteiger partial charge in [-0.05, 0) is 35.2 Å². The van der Waals surface area contributed by atoms with Crippen LogP contribution in [0, 0.1) is 0 Å². The molecule has 5 rings (SSSR count). The lowest BCUT2D eigenvalue weighted by Gasteiger charge is -2.36. The molecule has 0 spiro atoms. The average molecular weight is 365 g/mol. The van der Waals surface area contributed by atoms with E-state index in [1.165, 1.54) is 0 Å². The fourth-order valence-corrected chi connectivity index (χ4v) is 3.97. The van der Waals surface area contributed by atoms with Gasteiger partial charge in [0.1, 0.15) is 0 Å². The van der Waals surface area contributed by atoms with Crippen LogP contribution in [0.4, 0.5) is 5.69 Å². The number of benzene rings is 3. The fourth-order valence-electron chi connectivity index (χ4n) is 3.97. The largest absolute Gasteiger partial charge is 0.493 e. The molecule has 138 valence electrons. The van der Waals surface area contributed by atoms with E-state index in [1.807, 2.05) is 36.2 Å². The molecule has 0 aliphatic carbocycles. The van der Waals surface area contributed by atoms with E-state index in [0.717, 1.165) is 44.6 Å². The summed E-state index contributed by atoms with van der Waals surface area (Å²) in [5.41, 5.74) is 3.67. The molecule has 0 amide bonds. The maximum absolute atomic E-state index is 11.0. The predicted octanol–water partition coefficient (Wildman–Crippen LogP) is 3.69. The van der Waals surface area contributed by atoms with E-state index in [0.29, 0.717) is 11.5 Å². The van der Waals surface area contributed by atoms with E-state index >= 15 is 0 Å². The molecule has 2 heterocycles. The van der Waals surface area contributed by atoms with Gasteiger partial charge in [-0.15, -0.1) is 0 Å². The van der Waals surface area contributed by atoms with Gasteiger partial charge in [0, 0.05) is 23.6 Å². The van der Waals surface area contributed by atoms with Gasteiger partial charge in [-0.1, -0.05) is 12.1 Å².